The molecule has 1 aromatic rings. The largest absolute Gasteiger partial charge is 0.326 e. The Morgan fingerprint density at radius 1 is 1.32 bits per heavy atom. The minimum atomic E-state index is 0.000244. The summed E-state index contributed by atoms with van der Waals surface area (Å²) >= 11 is 0. The first-order chi connectivity index (χ1) is 8.86. The van der Waals surface area contributed by atoms with Gasteiger partial charge in [-0.3, -0.25) is 9.58 Å². The number of likely N-dealkylation sites (N-methyl/N-ethyl adjacent to an activating group) is 1. The summed E-state index contributed by atoms with van der Waals surface area (Å²) in [4.78, 5) is 2.43. The SMILES string of the molecule is CCN(CC)C(C)(C)C(N)Cc1cc(C)nn1CC. The van der Waals surface area contributed by atoms with Crippen LogP contribution in [0.4, 0.5) is 0 Å². The van der Waals surface area contributed by atoms with Crippen LogP contribution in [0.25, 0.3) is 0 Å². The van der Waals surface area contributed by atoms with Crippen LogP contribution in [0.1, 0.15) is 46.0 Å². The van der Waals surface area contributed by atoms with E-state index in [9.17, 15) is 0 Å². The van der Waals surface area contributed by atoms with Gasteiger partial charge in [-0.2, -0.15) is 5.10 Å². The van der Waals surface area contributed by atoms with Gasteiger partial charge in [-0.1, -0.05) is 13.8 Å². The number of nitrogens with two attached hydrogens (primary N) is 1. The molecule has 0 aliphatic rings. The number of hydrogen-bond acceptors (Lipinski definition) is 3. The van der Waals surface area contributed by atoms with Crippen LogP contribution in [0.3, 0.4) is 0 Å². The highest BCUT2D eigenvalue weighted by molar-refractivity contribution is 5.12. The molecule has 0 saturated heterocycles. The van der Waals surface area contributed by atoms with E-state index in [1.165, 1.54) is 5.69 Å². The van der Waals surface area contributed by atoms with E-state index in [4.69, 9.17) is 5.73 Å². The molecule has 19 heavy (non-hydrogen) atoms. The predicted octanol–water partition coefficient (Wildman–Crippen LogP) is 2.20. The lowest BCUT2D eigenvalue weighted by Crippen LogP contribution is -2.57. The maximum Gasteiger partial charge on any atom is 0.0596 e. The van der Waals surface area contributed by atoms with Crippen LogP contribution in [0.15, 0.2) is 6.07 Å². The Morgan fingerprint density at radius 2 is 1.89 bits per heavy atom. The van der Waals surface area contributed by atoms with Crippen LogP contribution in [0, 0.1) is 6.92 Å². The third-order valence-corrected chi connectivity index (χ3v) is 4.20. The van der Waals surface area contributed by atoms with Gasteiger partial charge in [0.15, 0.2) is 0 Å². The number of aromatic nitrogens is 2. The molecule has 2 N–H and O–H groups in total. The van der Waals surface area contributed by atoms with Gasteiger partial charge in [0.2, 0.25) is 0 Å². The number of aryl methyl sites for hydroxylation is 2. The molecular weight excluding hydrogens is 236 g/mol. The van der Waals surface area contributed by atoms with Crippen molar-refractivity contribution in [2.24, 2.45) is 5.73 Å². The van der Waals surface area contributed by atoms with Gasteiger partial charge in [0.25, 0.3) is 0 Å². The van der Waals surface area contributed by atoms with Crippen LogP contribution < -0.4 is 5.73 Å². The molecule has 1 atom stereocenters. The summed E-state index contributed by atoms with van der Waals surface area (Å²) in [6, 6.07) is 2.26. The van der Waals surface area contributed by atoms with Gasteiger partial charge in [0.05, 0.1) is 5.69 Å². The lowest BCUT2D eigenvalue weighted by molar-refractivity contribution is 0.106. The second-order valence-electron chi connectivity index (χ2n) is 5.73. The highest BCUT2D eigenvalue weighted by Crippen LogP contribution is 2.20. The third-order valence-electron chi connectivity index (χ3n) is 4.20. The van der Waals surface area contributed by atoms with Crippen LogP contribution in [-0.2, 0) is 13.0 Å². The fourth-order valence-electron chi connectivity index (χ4n) is 2.79. The molecule has 0 fully saturated rings. The second kappa shape index (κ2) is 6.53. The van der Waals surface area contributed by atoms with E-state index in [0.717, 1.165) is 31.7 Å². The van der Waals surface area contributed by atoms with Crippen molar-refractivity contribution in [3.63, 3.8) is 0 Å². The highest BCUT2D eigenvalue weighted by atomic mass is 15.3. The Kier molecular flexibility index (Phi) is 5.56. The van der Waals surface area contributed by atoms with Crippen molar-refractivity contribution in [1.82, 2.24) is 14.7 Å². The van der Waals surface area contributed by atoms with Crippen molar-refractivity contribution in [2.45, 2.75) is 66.1 Å². The van der Waals surface area contributed by atoms with E-state index in [1.807, 2.05) is 6.92 Å². The summed E-state index contributed by atoms with van der Waals surface area (Å²) < 4.78 is 2.06. The Labute approximate surface area is 118 Å². The summed E-state index contributed by atoms with van der Waals surface area (Å²) in [6.07, 6.45) is 0.873. The van der Waals surface area contributed by atoms with Crippen molar-refractivity contribution in [1.29, 1.82) is 0 Å². The maximum absolute atomic E-state index is 6.49. The van der Waals surface area contributed by atoms with E-state index in [1.54, 1.807) is 0 Å². The molecule has 0 saturated carbocycles. The number of rotatable bonds is 7. The zero-order valence-electron chi connectivity index (χ0n) is 13.4. The first-order valence-corrected chi connectivity index (χ1v) is 7.40. The molecule has 0 radical (unpaired) electrons. The van der Waals surface area contributed by atoms with Crippen LogP contribution in [-0.4, -0.2) is 39.4 Å². The van der Waals surface area contributed by atoms with Gasteiger partial charge in [0, 0.05) is 30.2 Å². The molecule has 0 aliphatic heterocycles. The molecule has 1 heterocycles. The Morgan fingerprint density at radius 3 is 2.37 bits per heavy atom. The van der Waals surface area contributed by atoms with Gasteiger partial charge in [-0.05, 0) is 46.9 Å². The fourth-order valence-corrected chi connectivity index (χ4v) is 2.79. The molecule has 1 unspecified atom stereocenters. The lowest BCUT2D eigenvalue weighted by atomic mass is 9.89. The minimum absolute atomic E-state index is 0.000244. The molecule has 110 valence electrons. The van der Waals surface area contributed by atoms with Crippen molar-refractivity contribution < 1.29 is 0 Å². The zero-order valence-corrected chi connectivity index (χ0v) is 13.4. The molecule has 4 nitrogen and oxygen atoms in total. The molecule has 0 amide bonds. The quantitative estimate of drug-likeness (QED) is 0.823. The van der Waals surface area contributed by atoms with Gasteiger partial charge in [-0.25, -0.2) is 0 Å². The summed E-state index contributed by atoms with van der Waals surface area (Å²) in [5.41, 5.74) is 8.80. The second-order valence-corrected chi connectivity index (χ2v) is 5.73. The first kappa shape index (κ1) is 16.2. The Balaban J connectivity index is 2.85. The van der Waals surface area contributed by atoms with Crippen LogP contribution in [0.5, 0.6) is 0 Å². The van der Waals surface area contributed by atoms with Crippen molar-refractivity contribution in [3.8, 4) is 0 Å². The Hall–Kier alpha value is -0.870. The number of hydrogen-bond donors (Lipinski definition) is 1. The topological polar surface area (TPSA) is 47.1 Å². The third kappa shape index (κ3) is 3.57. The molecule has 0 aromatic carbocycles. The fraction of sp³-hybridized carbons (Fsp3) is 0.800. The van der Waals surface area contributed by atoms with E-state index >= 15 is 0 Å². The molecule has 0 aliphatic carbocycles. The predicted molar refractivity (Wildman–Crippen MR) is 81.3 cm³/mol. The monoisotopic (exact) mass is 266 g/mol. The van der Waals surface area contributed by atoms with E-state index in [-0.39, 0.29) is 11.6 Å². The normalized spacial score (nSPS) is 14.1. The maximum atomic E-state index is 6.49. The van der Waals surface area contributed by atoms with Gasteiger partial charge >= 0.3 is 0 Å². The molecule has 0 spiro atoms. The van der Waals surface area contributed by atoms with Crippen molar-refractivity contribution in [3.05, 3.63) is 17.5 Å². The minimum Gasteiger partial charge on any atom is -0.326 e. The van der Waals surface area contributed by atoms with Gasteiger partial charge in [0.1, 0.15) is 0 Å². The van der Waals surface area contributed by atoms with Gasteiger partial charge in [-0.15, -0.1) is 0 Å². The molecule has 0 bridgehead atoms. The van der Waals surface area contributed by atoms with Crippen LogP contribution in [0.2, 0.25) is 0 Å². The smallest absolute Gasteiger partial charge is 0.0596 e. The standard InChI is InChI=1S/C15H30N4/c1-7-18(8-2)15(5,6)14(16)11-13-10-12(4)17-19(13)9-3/h10,14H,7-9,11,16H2,1-6H3. The molecular formula is C15H30N4. The first-order valence-electron chi connectivity index (χ1n) is 7.40. The van der Waals surface area contributed by atoms with Gasteiger partial charge < -0.3 is 5.73 Å². The number of nitrogens with zero attached hydrogens (tertiary/aromatic N) is 3. The summed E-state index contributed by atoms with van der Waals surface area (Å²) in [6.45, 7) is 16.0. The molecule has 1 aromatic heterocycles. The van der Waals surface area contributed by atoms with Crippen molar-refractivity contribution >= 4 is 0 Å². The van der Waals surface area contributed by atoms with Crippen molar-refractivity contribution in [2.75, 3.05) is 13.1 Å². The molecule has 1 rings (SSSR count). The molecule has 4 heteroatoms. The Bertz CT molecular complexity index is 391. The van der Waals surface area contributed by atoms with E-state index < -0.39 is 0 Å². The van der Waals surface area contributed by atoms with Crippen LogP contribution >= 0.6 is 0 Å². The average molecular weight is 266 g/mol. The zero-order chi connectivity index (χ0) is 14.6. The average Bonchev–Trinajstić information content (AvgIpc) is 2.70. The summed E-state index contributed by atoms with van der Waals surface area (Å²) in [5, 5.41) is 4.50. The van der Waals surface area contributed by atoms with E-state index in [2.05, 4.69) is 55.4 Å². The summed E-state index contributed by atoms with van der Waals surface area (Å²) in [5.74, 6) is 0. The highest BCUT2D eigenvalue weighted by Gasteiger charge is 2.32. The lowest BCUT2D eigenvalue weighted by Gasteiger charge is -2.41. The summed E-state index contributed by atoms with van der Waals surface area (Å²) in [7, 11) is 0. The van der Waals surface area contributed by atoms with E-state index in [0.29, 0.717) is 0 Å².